The van der Waals surface area contributed by atoms with Crippen molar-refractivity contribution in [1.82, 2.24) is 4.90 Å². The third kappa shape index (κ3) is 4.64. The summed E-state index contributed by atoms with van der Waals surface area (Å²) in [5, 5.41) is 3.09. The van der Waals surface area contributed by atoms with Crippen molar-refractivity contribution >= 4 is 11.6 Å². The molecule has 0 saturated carbocycles. The SMILES string of the molecule is COc1cccc(CN2CCC(C(=O)Nc3ccc(C)c(C)c3)CC2)c1. The molecular formula is C22H28N2O2. The molecule has 0 bridgehead atoms. The molecule has 1 heterocycles. The molecule has 0 aromatic heterocycles. The summed E-state index contributed by atoms with van der Waals surface area (Å²) in [6, 6.07) is 14.3. The molecule has 0 unspecified atom stereocenters. The number of anilines is 1. The number of hydrogen-bond acceptors (Lipinski definition) is 3. The molecule has 4 heteroatoms. The van der Waals surface area contributed by atoms with Crippen LogP contribution >= 0.6 is 0 Å². The molecule has 2 aromatic carbocycles. The quantitative estimate of drug-likeness (QED) is 0.878. The lowest BCUT2D eigenvalue weighted by atomic mass is 9.95. The first-order valence-corrected chi connectivity index (χ1v) is 9.28. The Hall–Kier alpha value is -2.33. The van der Waals surface area contributed by atoms with Gasteiger partial charge in [-0.2, -0.15) is 0 Å². The van der Waals surface area contributed by atoms with Crippen LogP contribution in [0.25, 0.3) is 0 Å². The lowest BCUT2D eigenvalue weighted by molar-refractivity contribution is -0.121. The maximum atomic E-state index is 12.6. The fourth-order valence-electron chi connectivity index (χ4n) is 3.45. The molecule has 2 aromatic rings. The first-order chi connectivity index (χ1) is 12.5. The van der Waals surface area contributed by atoms with E-state index in [9.17, 15) is 4.79 Å². The Balaban J connectivity index is 1.51. The van der Waals surface area contributed by atoms with E-state index < -0.39 is 0 Å². The molecule has 1 saturated heterocycles. The summed E-state index contributed by atoms with van der Waals surface area (Å²) in [4.78, 5) is 15.0. The van der Waals surface area contributed by atoms with Crippen molar-refractivity contribution in [2.75, 3.05) is 25.5 Å². The van der Waals surface area contributed by atoms with E-state index >= 15 is 0 Å². The van der Waals surface area contributed by atoms with Gasteiger partial charge >= 0.3 is 0 Å². The normalized spacial score (nSPS) is 15.7. The van der Waals surface area contributed by atoms with E-state index in [0.717, 1.165) is 43.9 Å². The molecule has 0 radical (unpaired) electrons. The van der Waals surface area contributed by atoms with Gasteiger partial charge in [0, 0.05) is 18.2 Å². The number of nitrogens with one attached hydrogen (secondary N) is 1. The minimum absolute atomic E-state index is 0.0955. The Bertz CT molecular complexity index is 764. The zero-order valence-electron chi connectivity index (χ0n) is 15.9. The Labute approximate surface area is 156 Å². The van der Waals surface area contributed by atoms with Crippen LogP contribution in [0, 0.1) is 19.8 Å². The monoisotopic (exact) mass is 352 g/mol. The van der Waals surface area contributed by atoms with Crippen molar-refractivity contribution in [2.24, 2.45) is 5.92 Å². The molecular weight excluding hydrogens is 324 g/mol. The second-order valence-corrected chi connectivity index (χ2v) is 7.19. The van der Waals surface area contributed by atoms with Crippen LogP contribution in [0.3, 0.4) is 0 Å². The van der Waals surface area contributed by atoms with Crippen LogP contribution in [0.2, 0.25) is 0 Å². The number of amides is 1. The van der Waals surface area contributed by atoms with Crippen LogP contribution in [-0.2, 0) is 11.3 Å². The van der Waals surface area contributed by atoms with Gasteiger partial charge in [0.1, 0.15) is 5.75 Å². The Morgan fingerprint density at radius 1 is 1.12 bits per heavy atom. The molecule has 1 amide bonds. The van der Waals surface area contributed by atoms with Crippen molar-refractivity contribution in [2.45, 2.75) is 33.2 Å². The van der Waals surface area contributed by atoms with E-state index in [1.165, 1.54) is 16.7 Å². The Morgan fingerprint density at radius 3 is 2.58 bits per heavy atom. The Morgan fingerprint density at radius 2 is 1.88 bits per heavy atom. The lowest BCUT2D eigenvalue weighted by Crippen LogP contribution is -2.37. The predicted molar refractivity (Wildman–Crippen MR) is 106 cm³/mol. The molecule has 3 rings (SSSR count). The van der Waals surface area contributed by atoms with Crippen LogP contribution in [0.4, 0.5) is 5.69 Å². The maximum absolute atomic E-state index is 12.6. The minimum Gasteiger partial charge on any atom is -0.497 e. The van der Waals surface area contributed by atoms with Gasteiger partial charge in [0.15, 0.2) is 0 Å². The number of rotatable bonds is 5. The first-order valence-electron chi connectivity index (χ1n) is 9.28. The number of ether oxygens (including phenoxy) is 1. The fourth-order valence-corrected chi connectivity index (χ4v) is 3.45. The van der Waals surface area contributed by atoms with Crippen molar-refractivity contribution < 1.29 is 9.53 Å². The summed E-state index contributed by atoms with van der Waals surface area (Å²) in [5.74, 6) is 1.14. The topological polar surface area (TPSA) is 41.6 Å². The van der Waals surface area contributed by atoms with Gasteiger partial charge in [-0.25, -0.2) is 0 Å². The lowest BCUT2D eigenvalue weighted by Gasteiger charge is -2.31. The highest BCUT2D eigenvalue weighted by molar-refractivity contribution is 5.92. The number of piperidine rings is 1. The smallest absolute Gasteiger partial charge is 0.227 e. The average Bonchev–Trinajstić information content (AvgIpc) is 2.65. The zero-order chi connectivity index (χ0) is 18.5. The minimum atomic E-state index is 0.0955. The van der Waals surface area contributed by atoms with E-state index in [-0.39, 0.29) is 11.8 Å². The molecule has 1 aliphatic rings. The van der Waals surface area contributed by atoms with Crippen molar-refractivity contribution in [3.63, 3.8) is 0 Å². The number of methoxy groups -OCH3 is 1. The Kier molecular flexibility index (Phi) is 5.94. The second kappa shape index (κ2) is 8.37. The average molecular weight is 352 g/mol. The summed E-state index contributed by atoms with van der Waals surface area (Å²) in [7, 11) is 1.69. The molecule has 0 atom stereocenters. The number of likely N-dealkylation sites (tertiary alicyclic amines) is 1. The number of benzene rings is 2. The third-order valence-electron chi connectivity index (χ3n) is 5.27. The molecule has 0 aliphatic carbocycles. The largest absolute Gasteiger partial charge is 0.497 e. The van der Waals surface area contributed by atoms with Gasteiger partial charge in [0.2, 0.25) is 5.91 Å². The van der Waals surface area contributed by atoms with Gasteiger partial charge in [-0.15, -0.1) is 0 Å². The van der Waals surface area contributed by atoms with E-state index in [4.69, 9.17) is 4.74 Å². The fraction of sp³-hybridized carbons (Fsp3) is 0.409. The summed E-state index contributed by atoms with van der Waals surface area (Å²) in [6.07, 6.45) is 1.81. The highest BCUT2D eigenvalue weighted by Gasteiger charge is 2.25. The third-order valence-corrected chi connectivity index (χ3v) is 5.27. The molecule has 26 heavy (non-hydrogen) atoms. The standard InChI is InChI=1S/C22H28N2O2/c1-16-7-8-20(13-17(16)2)23-22(25)19-9-11-24(12-10-19)15-18-5-4-6-21(14-18)26-3/h4-8,13-14,19H,9-12,15H2,1-3H3,(H,23,25). The number of carbonyl (C=O) groups excluding carboxylic acids is 1. The summed E-state index contributed by atoms with van der Waals surface area (Å²) < 4.78 is 5.29. The van der Waals surface area contributed by atoms with E-state index in [0.29, 0.717) is 0 Å². The maximum Gasteiger partial charge on any atom is 0.227 e. The van der Waals surface area contributed by atoms with Gasteiger partial charge < -0.3 is 10.1 Å². The predicted octanol–water partition coefficient (Wildman–Crippen LogP) is 4.16. The van der Waals surface area contributed by atoms with Crippen molar-refractivity contribution in [3.05, 3.63) is 59.2 Å². The van der Waals surface area contributed by atoms with Crippen molar-refractivity contribution in [3.8, 4) is 5.75 Å². The molecule has 138 valence electrons. The summed E-state index contributed by atoms with van der Waals surface area (Å²) in [5.41, 5.74) is 4.60. The van der Waals surface area contributed by atoms with Gasteiger partial charge in [0.25, 0.3) is 0 Å². The van der Waals surface area contributed by atoms with Crippen molar-refractivity contribution in [1.29, 1.82) is 0 Å². The number of aryl methyl sites for hydroxylation is 2. The highest BCUT2D eigenvalue weighted by Crippen LogP contribution is 2.23. The van der Waals surface area contributed by atoms with Crippen LogP contribution in [0.15, 0.2) is 42.5 Å². The number of hydrogen-bond donors (Lipinski definition) is 1. The molecule has 1 N–H and O–H groups in total. The molecule has 1 aliphatic heterocycles. The summed E-state index contributed by atoms with van der Waals surface area (Å²) >= 11 is 0. The van der Waals surface area contributed by atoms with Gasteiger partial charge in [0.05, 0.1) is 7.11 Å². The van der Waals surface area contributed by atoms with Gasteiger partial charge in [-0.1, -0.05) is 18.2 Å². The first kappa shape index (κ1) is 18.5. The van der Waals surface area contributed by atoms with Crippen LogP contribution < -0.4 is 10.1 Å². The van der Waals surface area contributed by atoms with E-state index in [1.54, 1.807) is 7.11 Å². The molecule has 4 nitrogen and oxygen atoms in total. The summed E-state index contributed by atoms with van der Waals surface area (Å²) in [6.45, 7) is 6.95. The van der Waals surface area contributed by atoms with E-state index in [2.05, 4.69) is 42.3 Å². The van der Waals surface area contributed by atoms with Gasteiger partial charge in [-0.05, 0) is 80.7 Å². The molecule has 1 fully saturated rings. The van der Waals surface area contributed by atoms with Crippen LogP contribution in [0.5, 0.6) is 5.75 Å². The zero-order valence-corrected chi connectivity index (χ0v) is 15.9. The van der Waals surface area contributed by atoms with E-state index in [1.807, 2.05) is 24.3 Å². The van der Waals surface area contributed by atoms with Crippen LogP contribution in [0.1, 0.15) is 29.5 Å². The van der Waals surface area contributed by atoms with Crippen LogP contribution in [-0.4, -0.2) is 31.0 Å². The highest BCUT2D eigenvalue weighted by atomic mass is 16.5. The van der Waals surface area contributed by atoms with Gasteiger partial charge in [-0.3, -0.25) is 9.69 Å². The molecule has 0 spiro atoms. The number of nitrogens with zero attached hydrogens (tertiary/aromatic N) is 1. The second-order valence-electron chi connectivity index (χ2n) is 7.19. The number of carbonyl (C=O) groups is 1.